The molecular weight excluding hydrogens is 386 g/mol. The number of ether oxygens (including phenoxy) is 1. The highest BCUT2D eigenvalue weighted by atomic mass is 32.2. The average molecular weight is 414 g/mol. The molecule has 3 rings (SSSR count). The van der Waals surface area contributed by atoms with E-state index >= 15 is 0 Å². The maximum atomic E-state index is 12.2. The van der Waals surface area contributed by atoms with Gasteiger partial charge in [0, 0.05) is 29.2 Å². The van der Waals surface area contributed by atoms with Crippen molar-refractivity contribution in [2.45, 2.75) is 36.5 Å². The SMILES string of the molecule is CCN(CC)CCC(=O)CCOC(=O)Nc1cccc2c1Nc1ccccc1S2. The summed E-state index contributed by atoms with van der Waals surface area (Å²) in [6, 6.07) is 13.8. The summed E-state index contributed by atoms with van der Waals surface area (Å²) >= 11 is 1.65. The molecule has 0 aliphatic carbocycles. The summed E-state index contributed by atoms with van der Waals surface area (Å²) in [5.41, 5.74) is 2.51. The third-order valence-electron chi connectivity index (χ3n) is 4.84. The molecule has 0 atom stereocenters. The zero-order chi connectivity index (χ0) is 20.6. The lowest BCUT2D eigenvalue weighted by Crippen LogP contribution is -2.26. The van der Waals surface area contributed by atoms with Gasteiger partial charge in [-0.3, -0.25) is 10.1 Å². The molecule has 0 spiro atoms. The molecule has 6 nitrogen and oxygen atoms in total. The largest absolute Gasteiger partial charge is 0.449 e. The predicted octanol–water partition coefficient (Wildman–Crippen LogP) is 5.13. The zero-order valence-corrected chi connectivity index (χ0v) is 17.7. The first-order valence-electron chi connectivity index (χ1n) is 9.95. The van der Waals surface area contributed by atoms with Crippen molar-refractivity contribution in [3.63, 3.8) is 0 Å². The Balaban J connectivity index is 1.49. The molecule has 1 aliphatic rings. The minimum Gasteiger partial charge on any atom is -0.449 e. The molecule has 2 aromatic carbocycles. The molecule has 2 aromatic rings. The molecule has 0 bridgehead atoms. The van der Waals surface area contributed by atoms with Gasteiger partial charge in [-0.15, -0.1) is 0 Å². The Kier molecular flexibility index (Phi) is 7.55. The van der Waals surface area contributed by atoms with E-state index in [2.05, 4.69) is 35.4 Å². The highest BCUT2D eigenvalue weighted by Gasteiger charge is 2.19. The standard InChI is InChI=1S/C22H27N3O3S/c1-3-25(4-2)14-12-16(26)13-15-28-22(27)24-18-9-7-11-20-21(18)23-17-8-5-6-10-19(17)29-20/h5-11,23H,3-4,12-15H2,1-2H3,(H,24,27). The molecule has 29 heavy (non-hydrogen) atoms. The highest BCUT2D eigenvalue weighted by molar-refractivity contribution is 7.99. The number of hydrogen-bond acceptors (Lipinski definition) is 6. The molecular formula is C22H27N3O3S. The quantitative estimate of drug-likeness (QED) is 0.506. The number of nitrogens with one attached hydrogen (secondary N) is 2. The predicted molar refractivity (Wildman–Crippen MR) is 117 cm³/mol. The van der Waals surface area contributed by atoms with E-state index in [0.717, 1.165) is 40.8 Å². The number of hydrogen-bond donors (Lipinski definition) is 2. The van der Waals surface area contributed by atoms with Crippen LogP contribution in [0, 0.1) is 0 Å². The third kappa shape index (κ3) is 5.74. The van der Waals surface area contributed by atoms with Gasteiger partial charge in [0.05, 0.1) is 17.1 Å². The van der Waals surface area contributed by atoms with Crippen molar-refractivity contribution in [3.05, 3.63) is 42.5 Å². The first-order valence-corrected chi connectivity index (χ1v) is 10.8. The summed E-state index contributed by atoms with van der Waals surface area (Å²) in [6.07, 6.45) is 0.170. The molecule has 1 heterocycles. The van der Waals surface area contributed by atoms with Gasteiger partial charge in [0.25, 0.3) is 0 Å². The van der Waals surface area contributed by atoms with Crippen LogP contribution in [0.5, 0.6) is 0 Å². The Labute approximate surface area is 176 Å². The van der Waals surface area contributed by atoms with Gasteiger partial charge in [0.15, 0.2) is 0 Å². The van der Waals surface area contributed by atoms with Crippen LogP contribution in [0.25, 0.3) is 0 Å². The van der Waals surface area contributed by atoms with Gasteiger partial charge in [-0.25, -0.2) is 4.79 Å². The number of amides is 1. The lowest BCUT2D eigenvalue weighted by molar-refractivity contribution is -0.120. The Morgan fingerprint density at radius 1 is 1.03 bits per heavy atom. The number of benzene rings is 2. The van der Waals surface area contributed by atoms with Gasteiger partial charge >= 0.3 is 6.09 Å². The van der Waals surface area contributed by atoms with E-state index < -0.39 is 6.09 Å². The van der Waals surface area contributed by atoms with Crippen LogP contribution in [-0.2, 0) is 9.53 Å². The van der Waals surface area contributed by atoms with Crippen LogP contribution in [0.1, 0.15) is 26.7 Å². The van der Waals surface area contributed by atoms with E-state index in [1.54, 1.807) is 11.8 Å². The van der Waals surface area contributed by atoms with Crippen LogP contribution in [0.3, 0.4) is 0 Å². The maximum absolute atomic E-state index is 12.2. The lowest BCUT2D eigenvalue weighted by Gasteiger charge is -2.23. The van der Waals surface area contributed by atoms with Gasteiger partial charge in [-0.2, -0.15) is 0 Å². The molecule has 2 N–H and O–H groups in total. The molecule has 0 aromatic heterocycles. The Morgan fingerprint density at radius 2 is 1.79 bits per heavy atom. The van der Waals surface area contributed by atoms with Crippen LogP contribution in [0.4, 0.5) is 21.9 Å². The fourth-order valence-electron chi connectivity index (χ4n) is 3.11. The fourth-order valence-corrected chi connectivity index (χ4v) is 4.13. The molecule has 1 amide bonds. The number of nitrogens with zero attached hydrogens (tertiary/aromatic N) is 1. The number of fused-ring (bicyclic) bond motifs is 2. The van der Waals surface area contributed by atoms with Crippen LogP contribution in [-0.4, -0.2) is 43.0 Å². The van der Waals surface area contributed by atoms with Crippen LogP contribution >= 0.6 is 11.8 Å². The summed E-state index contributed by atoms with van der Waals surface area (Å²) in [5.74, 6) is 0.108. The van der Waals surface area contributed by atoms with E-state index in [4.69, 9.17) is 4.74 Å². The van der Waals surface area contributed by atoms with Gasteiger partial charge in [-0.1, -0.05) is 43.8 Å². The maximum Gasteiger partial charge on any atom is 0.411 e. The highest BCUT2D eigenvalue weighted by Crippen LogP contribution is 2.46. The normalized spacial score (nSPS) is 12.0. The summed E-state index contributed by atoms with van der Waals surface area (Å²) in [4.78, 5) is 28.6. The first kappa shape index (κ1) is 21.2. The second-order valence-electron chi connectivity index (χ2n) is 6.73. The van der Waals surface area contributed by atoms with Crippen molar-refractivity contribution in [1.29, 1.82) is 0 Å². The molecule has 1 aliphatic heterocycles. The Morgan fingerprint density at radius 3 is 2.59 bits per heavy atom. The number of carbonyl (C=O) groups excluding carboxylic acids is 2. The number of ketones is 1. The van der Waals surface area contributed by atoms with E-state index in [-0.39, 0.29) is 18.8 Å². The Hall–Kier alpha value is -2.51. The number of carbonyl (C=O) groups is 2. The van der Waals surface area contributed by atoms with Crippen molar-refractivity contribution in [3.8, 4) is 0 Å². The molecule has 7 heteroatoms. The minimum absolute atomic E-state index is 0.0863. The molecule has 0 radical (unpaired) electrons. The van der Waals surface area contributed by atoms with Crippen molar-refractivity contribution in [1.82, 2.24) is 4.90 Å². The molecule has 154 valence electrons. The molecule has 0 saturated heterocycles. The number of anilines is 3. The average Bonchev–Trinajstić information content (AvgIpc) is 2.73. The van der Waals surface area contributed by atoms with Crippen molar-refractivity contribution in [2.75, 3.05) is 36.9 Å². The van der Waals surface area contributed by atoms with Crippen molar-refractivity contribution >= 4 is 40.7 Å². The van der Waals surface area contributed by atoms with Crippen LogP contribution in [0.15, 0.2) is 52.3 Å². The van der Waals surface area contributed by atoms with Gasteiger partial charge in [0.2, 0.25) is 0 Å². The summed E-state index contributed by atoms with van der Waals surface area (Å²) < 4.78 is 5.22. The van der Waals surface area contributed by atoms with E-state index in [0.29, 0.717) is 12.1 Å². The fraction of sp³-hybridized carbons (Fsp3) is 0.364. The molecule has 0 saturated carbocycles. The molecule has 0 unspecified atom stereocenters. The number of Topliss-reactive ketones (excluding diaryl/α,β-unsaturated/α-hetero) is 1. The zero-order valence-electron chi connectivity index (χ0n) is 16.9. The Bertz CT molecular complexity index is 868. The van der Waals surface area contributed by atoms with Crippen molar-refractivity contribution in [2.24, 2.45) is 0 Å². The second-order valence-corrected chi connectivity index (χ2v) is 7.81. The van der Waals surface area contributed by atoms with E-state index in [1.165, 1.54) is 0 Å². The number of para-hydroxylation sites is 2. The van der Waals surface area contributed by atoms with E-state index in [1.807, 2.05) is 36.4 Å². The summed E-state index contributed by atoms with van der Waals surface area (Å²) in [7, 11) is 0. The van der Waals surface area contributed by atoms with Gasteiger partial charge in [-0.05, 0) is 37.4 Å². The van der Waals surface area contributed by atoms with Gasteiger partial charge in [0.1, 0.15) is 12.4 Å². The van der Waals surface area contributed by atoms with Gasteiger partial charge < -0.3 is 15.0 Å². The minimum atomic E-state index is -0.555. The smallest absolute Gasteiger partial charge is 0.411 e. The lowest BCUT2D eigenvalue weighted by atomic mass is 10.2. The third-order valence-corrected chi connectivity index (χ3v) is 5.98. The van der Waals surface area contributed by atoms with Crippen LogP contribution < -0.4 is 10.6 Å². The van der Waals surface area contributed by atoms with Crippen molar-refractivity contribution < 1.29 is 14.3 Å². The topological polar surface area (TPSA) is 70.7 Å². The summed E-state index contributed by atoms with van der Waals surface area (Å²) in [5, 5.41) is 6.16. The number of rotatable bonds is 9. The van der Waals surface area contributed by atoms with Crippen LogP contribution in [0.2, 0.25) is 0 Å². The van der Waals surface area contributed by atoms with E-state index in [9.17, 15) is 9.59 Å². The first-order chi connectivity index (χ1) is 14.1. The second kappa shape index (κ2) is 10.3. The monoisotopic (exact) mass is 413 g/mol. The molecule has 0 fully saturated rings. The summed E-state index contributed by atoms with van der Waals surface area (Å²) in [6.45, 7) is 6.86.